The largest absolute Gasteiger partial charge is 0.387 e. The minimum atomic E-state index is -3.99. The van der Waals surface area contributed by atoms with Crippen molar-refractivity contribution in [2.24, 2.45) is 0 Å². The predicted molar refractivity (Wildman–Crippen MR) is 134 cm³/mol. The monoisotopic (exact) mass is 562 g/mol. The molecule has 1 aliphatic heterocycles. The van der Waals surface area contributed by atoms with E-state index < -0.39 is 22.0 Å². The van der Waals surface area contributed by atoms with Crippen LogP contribution < -0.4 is 20.3 Å². The lowest BCUT2D eigenvalue weighted by Gasteiger charge is -2.27. The molecule has 0 radical (unpaired) electrons. The molecule has 3 N–H and O–H groups in total. The Labute approximate surface area is 208 Å². The Hall–Kier alpha value is -3.22. The van der Waals surface area contributed by atoms with Gasteiger partial charge >= 0.3 is 6.03 Å². The van der Waals surface area contributed by atoms with Crippen molar-refractivity contribution in [1.29, 1.82) is 0 Å². The highest BCUT2D eigenvalue weighted by atomic mass is 79.9. The summed E-state index contributed by atoms with van der Waals surface area (Å²) in [7, 11) is -2.24. The van der Waals surface area contributed by atoms with Crippen molar-refractivity contribution in [2.45, 2.75) is 17.6 Å². The van der Waals surface area contributed by atoms with Crippen molar-refractivity contribution in [3.05, 3.63) is 69.0 Å². The molecule has 2 heterocycles. The van der Waals surface area contributed by atoms with Gasteiger partial charge < -0.3 is 10.6 Å². The van der Waals surface area contributed by atoms with Gasteiger partial charge in [0.1, 0.15) is 4.21 Å². The van der Waals surface area contributed by atoms with Crippen molar-refractivity contribution < 1.29 is 22.8 Å². The number of thiophene rings is 1. The minimum Gasteiger partial charge on any atom is -0.387 e. The molecular formula is C22H19BrN4O5S2. The van der Waals surface area contributed by atoms with Crippen molar-refractivity contribution in [2.75, 3.05) is 22.6 Å². The topological polar surface area (TPSA) is 125 Å². The molecule has 0 spiro atoms. The lowest BCUT2D eigenvalue weighted by molar-refractivity contribution is -0.117. The van der Waals surface area contributed by atoms with Gasteiger partial charge in [-0.25, -0.2) is 22.8 Å². The Morgan fingerprint density at radius 3 is 2.41 bits per heavy atom. The number of hydrogen-bond acceptors (Lipinski definition) is 7. The van der Waals surface area contributed by atoms with Gasteiger partial charge in [-0.05, 0) is 76.9 Å². The van der Waals surface area contributed by atoms with Gasteiger partial charge in [0, 0.05) is 33.3 Å². The number of urea groups is 1. The van der Waals surface area contributed by atoms with Crippen LogP contribution in [0.1, 0.15) is 20.8 Å². The van der Waals surface area contributed by atoms with Crippen LogP contribution in [-0.4, -0.2) is 33.3 Å². The molecule has 0 aliphatic carbocycles. The van der Waals surface area contributed by atoms with E-state index in [4.69, 9.17) is 0 Å². The lowest BCUT2D eigenvalue weighted by Crippen LogP contribution is -2.42. The fourth-order valence-corrected chi connectivity index (χ4v) is 6.20. The van der Waals surface area contributed by atoms with Gasteiger partial charge in [0.25, 0.3) is 15.9 Å². The Morgan fingerprint density at radius 1 is 1.09 bits per heavy atom. The van der Waals surface area contributed by atoms with Crippen LogP contribution >= 0.6 is 27.3 Å². The summed E-state index contributed by atoms with van der Waals surface area (Å²) in [4.78, 5) is 39.9. The van der Waals surface area contributed by atoms with Gasteiger partial charge in [0.05, 0.1) is 12.1 Å². The second kappa shape index (κ2) is 9.20. The van der Waals surface area contributed by atoms with E-state index in [2.05, 4.69) is 26.6 Å². The number of rotatable bonds is 5. The SMILES string of the molecule is CNc1cc2c(cc1Br)C(=O)N(c1ccc(NC(=O)NS(=O)(=O)c3ccc(C)s3)cc1)C(=O)C2. The number of amides is 4. The molecule has 0 saturated carbocycles. The van der Waals surface area contributed by atoms with Crippen molar-refractivity contribution in [3.63, 3.8) is 0 Å². The summed E-state index contributed by atoms with van der Waals surface area (Å²) in [5.74, 6) is -0.831. The average Bonchev–Trinajstić information content (AvgIpc) is 3.22. The van der Waals surface area contributed by atoms with Gasteiger partial charge in [-0.2, -0.15) is 0 Å². The Morgan fingerprint density at radius 2 is 1.79 bits per heavy atom. The van der Waals surface area contributed by atoms with E-state index in [-0.39, 0.29) is 22.2 Å². The number of nitrogens with one attached hydrogen (secondary N) is 3. The van der Waals surface area contributed by atoms with E-state index in [9.17, 15) is 22.8 Å². The fourth-order valence-electron chi connectivity index (χ4n) is 3.47. The molecular weight excluding hydrogens is 544 g/mol. The summed E-state index contributed by atoms with van der Waals surface area (Å²) in [6.45, 7) is 1.76. The van der Waals surface area contributed by atoms with Crippen LogP contribution in [0, 0.1) is 6.92 Å². The zero-order chi connectivity index (χ0) is 24.6. The first kappa shape index (κ1) is 23.9. The maximum absolute atomic E-state index is 13.1. The normalized spacial score (nSPS) is 13.4. The van der Waals surface area contributed by atoms with Crippen LogP contribution in [0.3, 0.4) is 0 Å². The second-order valence-electron chi connectivity index (χ2n) is 7.42. The summed E-state index contributed by atoms with van der Waals surface area (Å²) in [5.41, 5.74) is 2.45. The lowest BCUT2D eigenvalue weighted by atomic mass is 9.97. The molecule has 0 saturated heterocycles. The van der Waals surface area contributed by atoms with E-state index in [0.29, 0.717) is 21.3 Å². The summed E-state index contributed by atoms with van der Waals surface area (Å²) >= 11 is 4.47. The number of halogens is 1. The van der Waals surface area contributed by atoms with E-state index >= 15 is 0 Å². The molecule has 4 amide bonds. The highest BCUT2D eigenvalue weighted by Crippen LogP contribution is 2.32. The van der Waals surface area contributed by atoms with E-state index in [0.717, 1.165) is 26.8 Å². The van der Waals surface area contributed by atoms with Crippen LogP contribution in [0.25, 0.3) is 0 Å². The molecule has 34 heavy (non-hydrogen) atoms. The molecule has 1 aliphatic rings. The standard InChI is InChI=1S/C22H19BrN4O5S2/c1-12-3-8-20(33-12)34(31,32)26-22(30)25-14-4-6-15(7-5-14)27-19(28)10-13-9-18(24-2)17(23)11-16(13)21(27)29/h3-9,11,24H,10H2,1-2H3,(H2,25,26,30). The molecule has 0 unspecified atom stereocenters. The van der Waals surface area contributed by atoms with E-state index in [1.165, 1.54) is 30.3 Å². The van der Waals surface area contributed by atoms with Crippen LogP contribution in [0.5, 0.6) is 0 Å². The zero-order valence-electron chi connectivity index (χ0n) is 18.0. The minimum absolute atomic E-state index is 0.0337. The summed E-state index contributed by atoms with van der Waals surface area (Å²) in [6.07, 6.45) is 0.0610. The molecule has 2 aromatic carbocycles. The first-order valence-electron chi connectivity index (χ1n) is 9.97. The van der Waals surface area contributed by atoms with Crippen molar-refractivity contribution in [3.8, 4) is 0 Å². The smallest absolute Gasteiger partial charge is 0.333 e. The van der Waals surface area contributed by atoms with E-state index in [1.54, 1.807) is 32.2 Å². The van der Waals surface area contributed by atoms with Crippen LogP contribution in [-0.2, 0) is 21.2 Å². The number of sulfonamides is 1. The molecule has 0 bridgehead atoms. The fraction of sp³-hybridized carbons (Fsp3) is 0.136. The van der Waals surface area contributed by atoms with Crippen molar-refractivity contribution >= 4 is 72.2 Å². The molecule has 0 fully saturated rings. The van der Waals surface area contributed by atoms with Crippen molar-refractivity contribution in [1.82, 2.24) is 4.72 Å². The number of anilines is 3. The number of carbonyl (C=O) groups excluding carboxylic acids is 3. The highest BCUT2D eigenvalue weighted by molar-refractivity contribution is 9.10. The van der Waals surface area contributed by atoms with E-state index in [1.807, 2.05) is 4.72 Å². The molecule has 12 heteroatoms. The quantitative estimate of drug-likeness (QED) is 0.402. The maximum atomic E-state index is 13.1. The first-order valence-corrected chi connectivity index (χ1v) is 13.1. The number of nitrogens with zero attached hydrogens (tertiary/aromatic N) is 1. The Kier molecular flexibility index (Phi) is 6.47. The second-order valence-corrected chi connectivity index (χ2v) is 11.5. The molecule has 4 rings (SSSR count). The number of fused-ring (bicyclic) bond motifs is 1. The number of imide groups is 1. The number of benzene rings is 2. The molecule has 3 aromatic rings. The first-order chi connectivity index (χ1) is 16.1. The highest BCUT2D eigenvalue weighted by Gasteiger charge is 2.33. The summed E-state index contributed by atoms with van der Waals surface area (Å²) in [6, 6.07) is 11.6. The molecule has 0 atom stereocenters. The molecule has 1 aromatic heterocycles. The third-order valence-electron chi connectivity index (χ3n) is 5.08. The molecule has 9 nitrogen and oxygen atoms in total. The Balaban J connectivity index is 1.49. The number of aryl methyl sites for hydroxylation is 1. The third kappa shape index (κ3) is 4.69. The Bertz CT molecular complexity index is 1420. The summed E-state index contributed by atoms with van der Waals surface area (Å²) in [5, 5.41) is 5.44. The third-order valence-corrected chi connectivity index (χ3v) is 8.56. The van der Waals surface area contributed by atoms with Gasteiger partial charge in [0.15, 0.2) is 0 Å². The van der Waals surface area contributed by atoms with Crippen LogP contribution in [0.4, 0.5) is 21.9 Å². The van der Waals surface area contributed by atoms with Gasteiger partial charge in [-0.1, -0.05) is 0 Å². The predicted octanol–water partition coefficient (Wildman–Crippen LogP) is 4.10. The average molecular weight is 563 g/mol. The van der Waals surface area contributed by atoms with Gasteiger partial charge in [0.2, 0.25) is 5.91 Å². The van der Waals surface area contributed by atoms with Gasteiger partial charge in [-0.3, -0.25) is 9.59 Å². The number of hydrogen-bond donors (Lipinski definition) is 3. The van der Waals surface area contributed by atoms with Crippen LogP contribution in [0.2, 0.25) is 0 Å². The van der Waals surface area contributed by atoms with Crippen LogP contribution in [0.15, 0.2) is 57.2 Å². The van der Waals surface area contributed by atoms with Gasteiger partial charge in [-0.15, -0.1) is 11.3 Å². The maximum Gasteiger partial charge on any atom is 0.333 e. The summed E-state index contributed by atoms with van der Waals surface area (Å²) < 4.78 is 27.3. The number of carbonyl (C=O) groups is 3. The molecule has 176 valence electrons. The zero-order valence-corrected chi connectivity index (χ0v) is 21.2.